The van der Waals surface area contributed by atoms with Crippen LogP contribution in [0.15, 0.2) is 132 Å². The third-order valence-electron chi connectivity index (χ3n) is 6.52. The molecule has 0 amide bonds. The molecule has 4 nitrogen and oxygen atoms in total. The summed E-state index contributed by atoms with van der Waals surface area (Å²) in [6.45, 7) is 0. The molecule has 4 aromatic carbocycles. The summed E-state index contributed by atoms with van der Waals surface area (Å²) in [7, 11) is 0. The van der Waals surface area contributed by atoms with Gasteiger partial charge in [-0.15, -0.1) is 0 Å². The molecule has 0 radical (unpaired) electrons. The monoisotopic (exact) mass is 584 g/mol. The first-order valence-corrected chi connectivity index (χ1v) is 20.3. The van der Waals surface area contributed by atoms with Crippen molar-refractivity contribution in [2.45, 2.75) is 0 Å². The average molecular weight is 585 g/mol. The van der Waals surface area contributed by atoms with E-state index in [2.05, 4.69) is 57.6 Å². The third kappa shape index (κ3) is 2.73. The van der Waals surface area contributed by atoms with Crippen molar-refractivity contribution < 1.29 is 0 Å². The van der Waals surface area contributed by atoms with E-state index in [1.807, 2.05) is 72.8 Å². The van der Waals surface area contributed by atoms with Gasteiger partial charge in [0.1, 0.15) is 0 Å². The number of nitrogens with zero attached hydrogens (tertiary/aromatic N) is 4. The van der Waals surface area contributed by atoms with Crippen LogP contribution in [0.25, 0.3) is 0 Å². The number of hydrazone groups is 2. The molecule has 3 aliphatic heterocycles. The molecule has 3 aliphatic rings. The third-order valence-corrected chi connectivity index (χ3v) is 30.4. The zero-order chi connectivity index (χ0) is 24.5. The van der Waals surface area contributed by atoms with Crippen LogP contribution in [0.2, 0.25) is 0 Å². The van der Waals surface area contributed by atoms with Gasteiger partial charge < -0.3 is 0 Å². The van der Waals surface area contributed by atoms with Crippen LogP contribution in [0.4, 0.5) is 0 Å². The second-order valence-electron chi connectivity index (χ2n) is 8.63. The molecule has 0 atom stereocenters. The van der Waals surface area contributed by atoms with Crippen molar-refractivity contribution in [1.82, 2.24) is 9.10 Å². The molecule has 3 heterocycles. The molecule has 4 aromatic rings. The molecule has 10 heteroatoms. The van der Waals surface area contributed by atoms with Gasteiger partial charge in [0.25, 0.3) is 0 Å². The summed E-state index contributed by atoms with van der Waals surface area (Å²) >= 11 is 19.4. The van der Waals surface area contributed by atoms with Crippen molar-refractivity contribution in [2.24, 2.45) is 10.2 Å². The Morgan fingerprint density at radius 3 is 1.11 bits per heavy atom. The number of halogens is 2. The van der Waals surface area contributed by atoms with Gasteiger partial charge in [-0.1, -0.05) is 0 Å². The van der Waals surface area contributed by atoms with E-state index in [-0.39, 0.29) is 0 Å². The molecule has 36 heavy (non-hydrogen) atoms. The fourth-order valence-corrected chi connectivity index (χ4v) is 38.0. The molecule has 1 fully saturated rings. The van der Waals surface area contributed by atoms with Gasteiger partial charge in [-0.05, 0) is 0 Å². The van der Waals surface area contributed by atoms with Crippen LogP contribution in [-0.4, -0.2) is 19.2 Å². The van der Waals surface area contributed by atoms with Crippen molar-refractivity contribution in [3.63, 3.8) is 0 Å². The van der Waals surface area contributed by atoms with Crippen LogP contribution in [0, 0.1) is 0 Å². The number of hydrogen-bond donors (Lipinski definition) is 0. The number of fused-ring (bicyclic) bond motifs is 4. The Morgan fingerprint density at radius 1 is 0.472 bits per heavy atom. The second kappa shape index (κ2) is 7.74. The predicted octanol–water partition coefficient (Wildman–Crippen LogP) is 8.38. The molecule has 0 saturated carbocycles. The first-order chi connectivity index (χ1) is 17.5. The van der Waals surface area contributed by atoms with Crippen LogP contribution < -0.4 is 10.6 Å². The topological polar surface area (TPSA) is 31.2 Å². The van der Waals surface area contributed by atoms with E-state index in [4.69, 9.17) is 32.7 Å². The van der Waals surface area contributed by atoms with Crippen molar-refractivity contribution in [3.8, 4) is 0 Å². The van der Waals surface area contributed by atoms with Crippen LogP contribution >= 0.6 is 56.2 Å². The Balaban J connectivity index is 1.53. The molecule has 0 aromatic heterocycles. The molecular formula is C26H20Cl2N4P2S2. The van der Waals surface area contributed by atoms with Gasteiger partial charge in [-0.25, -0.2) is 0 Å². The minimum atomic E-state index is -3.71. The molecule has 0 bridgehead atoms. The van der Waals surface area contributed by atoms with E-state index in [0.29, 0.717) is 0 Å². The zero-order valence-corrected chi connectivity index (χ0v) is 23.7. The number of rotatable bonds is 4. The molecule has 0 aliphatic carbocycles. The van der Waals surface area contributed by atoms with Crippen LogP contribution in [-0.2, 0) is 0 Å². The summed E-state index contributed by atoms with van der Waals surface area (Å²) in [4.78, 5) is 0. The average Bonchev–Trinajstić information content (AvgIpc) is 3.44. The maximum atomic E-state index is 8.07. The molecular weight excluding hydrogens is 565 g/mol. The number of hydrogen-bond acceptors (Lipinski definition) is 6. The van der Waals surface area contributed by atoms with Gasteiger partial charge in [0, 0.05) is 0 Å². The number of benzene rings is 4. The normalized spacial score (nSPS) is 23.9. The van der Waals surface area contributed by atoms with E-state index in [0.717, 1.165) is 31.8 Å². The van der Waals surface area contributed by atoms with Gasteiger partial charge in [-0.2, -0.15) is 0 Å². The SMILES string of the molecule is ClP12(c3ccccc3)SC(c3ccccc3)=NN1P1(Cl)(c3ccccc3)SC(c3ccccc3)=NN21. The van der Waals surface area contributed by atoms with E-state index >= 15 is 0 Å². The Labute approximate surface area is 227 Å². The maximum absolute atomic E-state index is 8.07. The fourth-order valence-electron chi connectivity index (χ4n) is 4.87. The first kappa shape index (κ1) is 23.1. The Bertz CT molecular complexity index is 1430. The minimum absolute atomic E-state index is 0.860. The summed E-state index contributed by atoms with van der Waals surface area (Å²) in [6.07, 6.45) is 0. The zero-order valence-electron chi connectivity index (χ0n) is 18.8. The molecule has 1 saturated heterocycles. The van der Waals surface area contributed by atoms with Crippen LogP contribution in [0.3, 0.4) is 0 Å². The predicted molar refractivity (Wildman–Crippen MR) is 163 cm³/mol. The quantitative estimate of drug-likeness (QED) is 0.225. The summed E-state index contributed by atoms with van der Waals surface area (Å²) in [6, 6.07) is 40.8. The Morgan fingerprint density at radius 2 is 0.778 bits per heavy atom. The van der Waals surface area contributed by atoms with E-state index in [1.165, 1.54) is 0 Å². The van der Waals surface area contributed by atoms with E-state index < -0.39 is 10.9 Å². The van der Waals surface area contributed by atoms with Gasteiger partial charge in [-0.3, -0.25) is 0 Å². The molecule has 7 rings (SSSR count). The molecule has 180 valence electrons. The van der Waals surface area contributed by atoms with Crippen LogP contribution in [0.5, 0.6) is 0 Å². The summed E-state index contributed by atoms with van der Waals surface area (Å²) in [5.74, 6) is 0. The summed E-state index contributed by atoms with van der Waals surface area (Å²) in [5.41, 5.74) is -5.39. The van der Waals surface area contributed by atoms with E-state index in [1.54, 1.807) is 22.8 Å². The summed E-state index contributed by atoms with van der Waals surface area (Å²) in [5, 5.41) is 14.2. The van der Waals surface area contributed by atoms with E-state index in [9.17, 15) is 0 Å². The Hall–Kier alpha value is -2.04. The molecule has 0 unspecified atom stereocenters. The fraction of sp³-hybridized carbons (Fsp3) is 0. The van der Waals surface area contributed by atoms with Crippen molar-refractivity contribution in [2.75, 3.05) is 0 Å². The van der Waals surface area contributed by atoms with Crippen molar-refractivity contribution in [1.29, 1.82) is 0 Å². The van der Waals surface area contributed by atoms with Gasteiger partial charge in [0.15, 0.2) is 0 Å². The van der Waals surface area contributed by atoms with Crippen molar-refractivity contribution >= 4 is 76.9 Å². The second-order valence-corrected chi connectivity index (χ2v) is 26.6. The van der Waals surface area contributed by atoms with Gasteiger partial charge in [0.2, 0.25) is 0 Å². The standard InChI is InChI=1S/C26H20Cl2N4P2S2/c27-33(23-17-9-3-10-18-23)31(29-25(35-33)21-13-5-1-6-14-21)34(28,24-19-11-4-12-20-24)32(33)30-26(36-34)22-15-7-2-8-16-22/h1-20H. The van der Waals surface area contributed by atoms with Gasteiger partial charge in [0.05, 0.1) is 0 Å². The summed E-state index contributed by atoms with van der Waals surface area (Å²) < 4.78 is 4.20. The van der Waals surface area contributed by atoms with Gasteiger partial charge >= 0.3 is 229 Å². The first-order valence-electron chi connectivity index (χ1n) is 11.3. The molecule has 0 N–H and O–H groups in total. The Kier molecular flexibility index (Phi) is 4.97. The molecule has 0 spiro atoms. The van der Waals surface area contributed by atoms with Crippen molar-refractivity contribution in [3.05, 3.63) is 132 Å². The van der Waals surface area contributed by atoms with Crippen LogP contribution in [0.1, 0.15) is 11.1 Å².